The Morgan fingerprint density at radius 2 is 1.86 bits per heavy atom. The predicted octanol–water partition coefficient (Wildman–Crippen LogP) is 1.59. The molecule has 0 heterocycles. The van der Waals surface area contributed by atoms with Crippen LogP contribution in [0.4, 0.5) is 5.69 Å². The first kappa shape index (κ1) is 15.5. The van der Waals surface area contributed by atoms with Crippen molar-refractivity contribution in [1.82, 2.24) is 4.72 Å². The van der Waals surface area contributed by atoms with Gasteiger partial charge in [-0.2, -0.15) is 0 Å². The molecule has 0 aliphatic carbocycles. The van der Waals surface area contributed by atoms with Crippen LogP contribution in [-0.4, -0.2) is 20.1 Å². The van der Waals surface area contributed by atoms with Gasteiger partial charge in [-0.3, -0.25) is 0 Å². The van der Waals surface area contributed by atoms with E-state index >= 15 is 0 Å². The molecule has 0 bridgehead atoms. The van der Waals surface area contributed by atoms with E-state index in [1.807, 2.05) is 6.07 Å². The van der Waals surface area contributed by atoms with Gasteiger partial charge in [0.15, 0.2) is 0 Å². The van der Waals surface area contributed by atoms with Gasteiger partial charge >= 0.3 is 0 Å². The van der Waals surface area contributed by atoms with Crippen LogP contribution in [0.2, 0.25) is 0 Å². The number of hydrogen-bond donors (Lipinski definition) is 3. The molecule has 5 nitrogen and oxygen atoms in total. The van der Waals surface area contributed by atoms with E-state index in [9.17, 15) is 13.5 Å². The van der Waals surface area contributed by atoms with Gasteiger partial charge in [0, 0.05) is 5.69 Å². The Hall–Kier alpha value is -1.89. The van der Waals surface area contributed by atoms with Crippen LogP contribution in [0.15, 0.2) is 53.4 Å². The Morgan fingerprint density at radius 3 is 2.43 bits per heavy atom. The molecule has 6 heteroatoms. The summed E-state index contributed by atoms with van der Waals surface area (Å²) in [4.78, 5) is 0.158. The largest absolute Gasteiger partial charge is 0.399 e. The second kappa shape index (κ2) is 6.26. The number of nitrogens with one attached hydrogen (secondary N) is 1. The molecule has 0 aliphatic rings. The van der Waals surface area contributed by atoms with E-state index in [1.54, 1.807) is 37.3 Å². The molecule has 0 radical (unpaired) electrons. The van der Waals surface area contributed by atoms with E-state index in [4.69, 9.17) is 5.73 Å². The monoisotopic (exact) mass is 306 g/mol. The summed E-state index contributed by atoms with van der Waals surface area (Å²) < 4.78 is 27.4. The van der Waals surface area contributed by atoms with Crippen molar-refractivity contribution in [3.8, 4) is 0 Å². The Labute approximate surface area is 124 Å². The van der Waals surface area contributed by atoms with Crippen molar-refractivity contribution < 1.29 is 13.5 Å². The van der Waals surface area contributed by atoms with Gasteiger partial charge in [0.2, 0.25) is 10.0 Å². The molecule has 0 spiro atoms. The van der Waals surface area contributed by atoms with Gasteiger partial charge in [-0.15, -0.1) is 0 Å². The molecule has 112 valence electrons. The standard InChI is InChI=1S/C15H18N2O3S/c1-11-9-13(16)7-8-15(11)21(19,20)17-14(10-18)12-5-3-2-4-6-12/h2-9,14,17-18H,10,16H2,1H3. The van der Waals surface area contributed by atoms with E-state index in [0.717, 1.165) is 0 Å². The van der Waals surface area contributed by atoms with Crippen LogP contribution >= 0.6 is 0 Å². The lowest BCUT2D eigenvalue weighted by Crippen LogP contribution is -2.31. The first-order valence-corrected chi connectivity index (χ1v) is 7.96. The number of aliphatic hydroxyl groups is 1. The summed E-state index contributed by atoms with van der Waals surface area (Å²) in [5.74, 6) is 0. The minimum atomic E-state index is -3.73. The van der Waals surface area contributed by atoms with Gasteiger partial charge in [0.25, 0.3) is 0 Å². The summed E-state index contributed by atoms with van der Waals surface area (Å²) in [6.07, 6.45) is 0. The molecule has 1 atom stereocenters. The molecular weight excluding hydrogens is 288 g/mol. The van der Waals surface area contributed by atoms with Crippen LogP contribution in [0.3, 0.4) is 0 Å². The van der Waals surface area contributed by atoms with Crippen LogP contribution in [-0.2, 0) is 10.0 Å². The second-order valence-corrected chi connectivity index (χ2v) is 6.47. The van der Waals surface area contributed by atoms with Gasteiger partial charge < -0.3 is 10.8 Å². The molecule has 0 saturated carbocycles. The third-order valence-corrected chi connectivity index (χ3v) is 4.80. The van der Waals surface area contributed by atoms with Crippen LogP contribution in [0.25, 0.3) is 0 Å². The molecule has 0 amide bonds. The average Bonchev–Trinajstić information content (AvgIpc) is 2.45. The lowest BCUT2D eigenvalue weighted by Gasteiger charge is -2.18. The average molecular weight is 306 g/mol. The highest BCUT2D eigenvalue weighted by molar-refractivity contribution is 7.89. The maximum atomic E-state index is 12.4. The first-order valence-electron chi connectivity index (χ1n) is 6.48. The van der Waals surface area contributed by atoms with Crippen LogP contribution in [0.1, 0.15) is 17.2 Å². The topological polar surface area (TPSA) is 92.4 Å². The number of nitrogen functional groups attached to an aromatic ring is 1. The SMILES string of the molecule is Cc1cc(N)ccc1S(=O)(=O)NC(CO)c1ccccc1. The maximum Gasteiger partial charge on any atom is 0.241 e. The third-order valence-electron chi connectivity index (χ3n) is 3.17. The molecule has 21 heavy (non-hydrogen) atoms. The third kappa shape index (κ3) is 3.60. The van der Waals surface area contributed by atoms with Gasteiger partial charge in [-0.1, -0.05) is 30.3 Å². The highest BCUT2D eigenvalue weighted by atomic mass is 32.2. The predicted molar refractivity (Wildman–Crippen MR) is 82.2 cm³/mol. The zero-order valence-electron chi connectivity index (χ0n) is 11.7. The molecule has 0 fully saturated rings. The van der Waals surface area contributed by atoms with Crippen LogP contribution in [0, 0.1) is 6.92 Å². The van der Waals surface area contributed by atoms with Gasteiger partial charge in [-0.25, -0.2) is 13.1 Å². The molecule has 0 saturated heterocycles. The zero-order valence-corrected chi connectivity index (χ0v) is 12.5. The minimum Gasteiger partial charge on any atom is -0.399 e. The molecule has 4 N–H and O–H groups in total. The summed E-state index contributed by atoms with van der Waals surface area (Å²) >= 11 is 0. The normalized spacial score (nSPS) is 13.0. The van der Waals surface area contributed by atoms with Crippen molar-refractivity contribution in [2.75, 3.05) is 12.3 Å². The Kier molecular flexibility index (Phi) is 4.62. The van der Waals surface area contributed by atoms with Crippen LogP contribution < -0.4 is 10.5 Å². The van der Waals surface area contributed by atoms with Gasteiger partial charge in [0.05, 0.1) is 17.5 Å². The highest BCUT2D eigenvalue weighted by Crippen LogP contribution is 2.21. The van der Waals surface area contributed by atoms with E-state index in [-0.39, 0.29) is 11.5 Å². The van der Waals surface area contributed by atoms with Crippen molar-refractivity contribution in [3.05, 3.63) is 59.7 Å². The fourth-order valence-electron chi connectivity index (χ4n) is 2.12. The number of sulfonamides is 1. The number of rotatable bonds is 5. The quantitative estimate of drug-likeness (QED) is 0.731. The Balaban J connectivity index is 2.32. The van der Waals surface area contributed by atoms with Gasteiger partial charge in [0.1, 0.15) is 0 Å². The minimum absolute atomic E-state index is 0.158. The van der Waals surface area contributed by atoms with Crippen molar-refractivity contribution in [1.29, 1.82) is 0 Å². The van der Waals surface area contributed by atoms with E-state index in [1.165, 1.54) is 12.1 Å². The fourth-order valence-corrected chi connectivity index (χ4v) is 3.56. The molecule has 2 rings (SSSR count). The first-order chi connectivity index (χ1) is 9.94. The number of aryl methyl sites for hydroxylation is 1. The summed E-state index contributed by atoms with van der Waals surface area (Å²) in [5.41, 5.74) is 7.41. The van der Waals surface area contributed by atoms with Gasteiger partial charge in [-0.05, 0) is 36.2 Å². The number of benzene rings is 2. The molecular formula is C15H18N2O3S. The lowest BCUT2D eigenvalue weighted by molar-refractivity contribution is 0.259. The van der Waals surface area contributed by atoms with E-state index in [0.29, 0.717) is 16.8 Å². The number of hydrogen-bond acceptors (Lipinski definition) is 4. The van der Waals surface area contributed by atoms with Crippen molar-refractivity contribution >= 4 is 15.7 Å². The number of nitrogens with two attached hydrogens (primary N) is 1. The Bertz CT molecular complexity index is 715. The molecule has 0 aliphatic heterocycles. The summed E-state index contributed by atoms with van der Waals surface area (Å²) in [6, 6.07) is 12.9. The molecule has 0 aromatic heterocycles. The summed E-state index contributed by atoms with van der Waals surface area (Å²) in [7, 11) is -3.73. The van der Waals surface area contributed by atoms with Crippen LogP contribution in [0.5, 0.6) is 0 Å². The van der Waals surface area contributed by atoms with Crippen molar-refractivity contribution in [2.24, 2.45) is 0 Å². The highest BCUT2D eigenvalue weighted by Gasteiger charge is 2.22. The number of anilines is 1. The van der Waals surface area contributed by atoms with Crippen molar-refractivity contribution in [2.45, 2.75) is 17.9 Å². The molecule has 1 unspecified atom stereocenters. The zero-order chi connectivity index (χ0) is 15.5. The maximum absolute atomic E-state index is 12.4. The smallest absolute Gasteiger partial charge is 0.241 e. The van der Waals surface area contributed by atoms with Crippen molar-refractivity contribution in [3.63, 3.8) is 0 Å². The molecule has 2 aromatic carbocycles. The Morgan fingerprint density at radius 1 is 1.19 bits per heavy atom. The fraction of sp³-hybridized carbons (Fsp3) is 0.200. The lowest BCUT2D eigenvalue weighted by atomic mass is 10.1. The summed E-state index contributed by atoms with van der Waals surface area (Å²) in [5, 5.41) is 9.46. The summed E-state index contributed by atoms with van der Waals surface area (Å²) in [6.45, 7) is 1.36. The van der Waals surface area contributed by atoms with E-state index < -0.39 is 16.1 Å². The molecule has 2 aromatic rings. The van der Waals surface area contributed by atoms with E-state index in [2.05, 4.69) is 4.72 Å². The second-order valence-electron chi connectivity index (χ2n) is 4.79. The number of aliphatic hydroxyl groups excluding tert-OH is 1.